The van der Waals surface area contributed by atoms with Crippen LogP contribution >= 0.6 is 0 Å². The Balaban J connectivity index is 1.48. The summed E-state index contributed by atoms with van der Waals surface area (Å²) in [5.74, 6) is -1.08. The lowest BCUT2D eigenvalue weighted by molar-refractivity contribution is -0.384. The lowest BCUT2D eigenvalue weighted by Crippen LogP contribution is -2.21. The summed E-state index contributed by atoms with van der Waals surface area (Å²) in [6.45, 7) is -0.0313. The number of hydrogen-bond acceptors (Lipinski definition) is 6. The second-order valence-electron chi connectivity index (χ2n) is 7.44. The summed E-state index contributed by atoms with van der Waals surface area (Å²) in [5, 5.41) is 14.4. The summed E-state index contributed by atoms with van der Waals surface area (Å²) >= 11 is 0. The molecule has 0 spiro atoms. The third kappa shape index (κ3) is 4.88. The van der Waals surface area contributed by atoms with Gasteiger partial charge in [0.05, 0.1) is 23.7 Å². The summed E-state index contributed by atoms with van der Waals surface area (Å²) in [6, 6.07) is 21.3. The third-order valence-electron chi connectivity index (χ3n) is 5.21. The second kappa shape index (κ2) is 9.86. The lowest BCUT2D eigenvalue weighted by atomic mass is 10.2. The second-order valence-corrected chi connectivity index (χ2v) is 7.44. The molecular weight excluding hydrogens is 438 g/mol. The molecule has 1 N–H and O–H groups in total. The number of rotatable bonds is 8. The molecule has 0 aliphatic heterocycles. The van der Waals surface area contributed by atoms with Crippen LogP contribution in [-0.2, 0) is 16.1 Å². The van der Waals surface area contributed by atoms with E-state index >= 15 is 0 Å². The number of para-hydroxylation sites is 1. The summed E-state index contributed by atoms with van der Waals surface area (Å²) in [6.07, 6.45) is 1.70. The maximum absolute atomic E-state index is 12.8. The molecule has 0 fully saturated rings. The lowest BCUT2D eigenvalue weighted by Gasteiger charge is -2.08. The molecule has 172 valence electrons. The van der Waals surface area contributed by atoms with Gasteiger partial charge in [0.25, 0.3) is 11.6 Å². The van der Waals surface area contributed by atoms with Gasteiger partial charge in [-0.3, -0.25) is 14.9 Å². The van der Waals surface area contributed by atoms with Crippen LogP contribution in [0.3, 0.4) is 0 Å². The van der Waals surface area contributed by atoms with Crippen LogP contribution in [0.2, 0.25) is 0 Å². The molecule has 0 radical (unpaired) electrons. The standard InChI is InChI=1S/C25H21N3O6/c1-33-18-11-12-21(23(13-18)28(31)32)26-24(29)16-34-25(30)20-15-27(14-17-7-3-2-4-8-17)22-10-6-5-9-19(20)22/h2-13,15H,14,16H2,1H3,(H,26,29). The van der Waals surface area contributed by atoms with Crippen LogP contribution in [-0.4, -0.2) is 35.1 Å². The van der Waals surface area contributed by atoms with Gasteiger partial charge in [-0.15, -0.1) is 0 Å². The van der Waals surface area contributed by atoms with Crippen LogP contribution in [0, 0.1) is 10.1 Å². The third-order valence-corrected chi connectivity index (χ3v) is 5.21. The van der Waals surface area contributed by atoms with E-state index in [1.54, 1.807) is 6.20 Å². The van der Waals surface area contributed by atoms with E-state index in [9.17, 15) is 19.7 Å². The SMILES string of the molecule is COc1ccc(NC(=O)COC(=O)c2cn(Cc3ccccc3)c3ccccc23)c([N+](=O)[O-])c1. The zero-order chi connectivity index (χ0) is 24.1. The molecular formula is C25H21N3O6. The number of ether oxygens (including phenoxy) is 2. The molecule has 0 atom stereocenters. The molecule has 4 aromatic rings. The number of esters is 1. The van der Waals surface area contributed by atoms with Crippen molar-refractivity contribution in [3.8, 4) is 5.75 Å². The normalized spacial score (nSPS) is 10.6. The summed E-state index contributed by atoms with van der Waals surface area (Å²) in [4.78, 5) is 35.8. The van der Waals surface area contributed by atoms with Crippen LogP contribution in [0.5, 0.6) is 5.75 Å². The Bertz CT molecular complexity index is 1360. The maximum Gasteiger partial charge on any atom is 0.340 e. The number of hydrogen-bond donors (Lipinski definition) is 1. The molecule has 9 heteroatoms. The molecule has 0 bridgehead atoms. The van der Waals surface area contributed by atoms with Crippen LogP contribution in [0.1, 0.15) is 15.9 Å². The van der Waals surface area contributed by atoms with E-state index in [-0.39, 0.29) is 17.1 Å². The van der Waals surface area contributed by atoms with Crippen molar-refractivity contribution in [1.82, 2.24) is 4.57 Å². The quantitative estimate of drug-likeness (QED) is 0.237. The monoisotopic (exact) mass is 459 g/mol. The summed E-state index contributed by atoms with van der Waals surface area (Å²) in [7, 11) is 1.38. The van der Waals surface area contributed by atoms with E-state index in [0.29, 0.717) is 17.5 Å². The van der Waals surface area contributed by atoms with Crippen molar-refractivity contribution in [3.63, 3.8) is 0 Å². The smallest absolute Gasteiger partial charge is 0.340 e. The molecule has 0 aliphatic carbocycles. The fourth-order valence-corrected chi connectivity index (χ4v) is 3.61. The number of nitrogens with zero attached hydrogens (tertiary/aromatic N) is 2. The summed E-state index contributed by atoms with van der Waals surface area (Å²) < 4.78 is 12.1. The van der Waals surface area contributed by atoms with Crippen molar-refractivity contribution in [2.24, 2.45) is 0 Å². The number of nitro benzene ring substituents is 1. The molecule has 1 aromatic heterocycles. The van der Waals surface area contributed by atoms with E-state index in [1.807, 2.05) is 59.2 Å². The fourth-order valence-electron chi connectivity index (χ4n) is 3.61. The highest BCUT2D eigenvalue weighted by Gasteiger charge is 2.20. The Kier molecular flexibility index (Phi) is 6.54. The molecule has 4 rings (SSSR count). The number of fused-ring (bicyclic) bond motifs is 1. The molecule has 1 heterocycles. The first-order chi connectivity index (χ1) is 16.5. The van der Waals surface area contributed by atoms with Gasteiger partial charge in [0.15, 0.2) is 6.61 Å². The van der Waals surface area contributed by atoms with Crippen molar-refractivity contribution in [2.75, 3.05) is 19.0 Å². The van der Waals surface area contributed by atoms with Gasteiger partial charge in [0.1, 0.15) is 11.4 Å². The first kappa shape index (κ1) is 22.5. The number of nitro groups is 1. The van der Waals surface area contributed by atoms with E-state index in [2.05, 4.69) is 5.32 Å². The zero-order valence-electron chi connectivity index (χ0n) is 18.3. The average Bonchev–Trinajstić information content (AvgIpc) is 3.22. The van der Waals surface area contributed by atoms with Crippen molar-refractivity contribution >= 4 is 34.2 Å². The van der Waals surface area contributed by atoms with Crippen molar-refractivity contribution < 1.29 is 24.0 Å². The first-order valence-corrected chi connectivity index (χ1v) is 10.4. The summed E-state index contributed by atoms with van der Waals surface area (Å²) in [5.41, 5.74) is 1.91. The Morgan fingerprint density at radius 2 is 1.76 bits per heavy atom. The minimum Gasteiger partial charge on any atom is -0.496 e. The number of benzene rings is 3. The predicted molar refractivity (Wildman–Crippen MR) is 126 cm³/mol. The number of nitrogens with one attached hydrogen (secondary N) is 1. The number of carbonyl (C=O) groups excluding carboxylic acids is 2. The molecule has 34 heavy (non-hydrogen) atoms. The van der Waals surface area contributed by atoms with E-state index in [0.717, 1.165) is 11.1 Å². The number of carbonyl (C=O) groups is 2. The van der Waals surface area contributed by atoms with Crippen LogP contribution in [0.25, 0.3) is 10.9 Å². The number of anilines is 1. The van der Waals surface area contributed by atoms with Crippen molar-refractivity contribution in [2.45, 2.75) is 6.54 Å². The molecule has 0 saturated heterocycles. The van der Waals surface area contributed by atoms with Gasteiger partial charge < -0.3 is 19.4 Å². The largest absolute Gasteiger partial charge is 0.496 e. The Morgan fingerprint density at radius 1 is 1.03 bits per heavy atom. The Labute approximate surface area is 194 Å². The van der Waals surface area contributed by atoms with Gasteiger partial charge in [0, 0.05) is 23.6 Å². The molecule has 1 amide bonds. The van der Waals surface area contributed by atoms with Gasteiger partial charge in [-0.05, 0) is 23.8 Å². The predicted octanol–water partition coefficient (Wildman–Crippen LogP) is 4.40. The molecule has 0 aliphatic rings. The van der Waals surface area contributed by atoms with Crippen LogP contribution < -0.4 is 10.1 Å². The number of methoxy groups -OCH3 is 1. The number of aromatic nitrogens is 1. The minimum atomic E-state index is -0.699. The Morgan fingerprint density at radius 3 is 2.50 bits per heavy atom. The topological polar surface area (TPSA) is 113 Å². The highest BCUT2D eigenvalue weighted by atomic mass is 16.6. The average molecular weight is 459 g/mol. The van der Waals surface area contributed by atoms with Crippen molar-refractivity contribution in [3.05, 3.63) is 100 Å². The zero-order valence-corrected chi connectivity index (χ0v) is 18.3. The highest BCUT2D eigenvalue weighted by molar-refractivity contribution is 6.05. The molecule has 0 unspecified atom stereocenters. The maximum atomic E-state index is 12.8. The highest BCUT2D eigenvalue weighted by Crippen LogP contribution is 2.29. The van der Waals surface area contributed by atoms with Gasteiger partial charge in [-0.25, -0.2) is 4.79 Å². The van der Waals surface area contributed by atoms with E-state index in [4.69, 9.17) is 9.47 Å². The minimum absolute atomic E-state index is 0.0219. The van der Waals surface area contributed by atoms with Gasteiger partial charge in [-0.1, -0.05) is 48.5 Å². The molecule has 9 nitrogen and oxygen atoms in total. The number of amides is 1. The van der Waals surface area contributed by atoms with Gasteiger partial charge >= 0.3 is 5.97 Å². The van der Waals surface area contributed by atoms with Crippen molar-refractivity contribution in [1.29, 1.82) is 0 Å². The van der Waals surface area contributed by atoms with E-state index in [1.165, 1.54) is 25.3 Å². The first-order valence-electron chi connectivity index (χ1n) is 10.4. The van der Waals surface area contributed by atoms with Gasteiger partial charge in [0.2, 0.25) is 0 Å². The molecule has 0 saturated carbocycles. The molecule has 3 aromatic carbocycles. The van der Waals surface area contributed by atoms with Crippen LogP contribution in [0.4, 0.5) is 11.4 Å². The fraction of sp³-hybridized carbons (Fsp3) is 0.120. The Hall–Kier alpha value is -4.66. The van der Waals surface area contributed by atoms with Gasteiger partial charge in [-0.2, -0.15) is 0 Å². The van der Waals surface area contributed by atoms with E-state index < -0.39 is 23.4 Å². The van der Waals surface area contributed by atoms with Crippen LogP contribution in [0.15, 0.2) is 79.0 Å².